The number of nitrogens with zero attached hydrogens (tertiary/aromatic N) is 10. The van der Waals surface area contributed by atoms with E-state index in [0.29, 0.717) is 39.9 Å². The number of aryl methyl sites for hydroxylation is 4. The van der Waals surface area contributed by atoms with Crippen LogP contribution >= 0.6 is 0 Å². The average molecular weight is 1050 g/mol. The Morgan fingerprint density at radius 1 is 0.592 bits per heavy atom. The van der Waals surface area contributed by atoms with Crippen molar-refractivity contribution >= 4 is 29.5 Å². The fourth-order valence-corrected chi connectivity index (χ4v) is 9.00. The molecule has 18 nitrogen and oxygen atoms in total. The van der Waals surface area contributed by atoms with E-state index in [0.717, 1.165) is 11.2 Å². The summed E-state index contributed by atoms with van der Waals surface area (Å²) < 4.78 is 86.8. The molecule has 0 saturated carbocycles. The number of aliphatic hydroxyl groups is 2. The van der Waals surface area contributed by atoms with Gasteiger partial charge in [0.1, 0.15) is 75.2 Å². The molecule has 0 aliphatic carbocycles. The maximum Gasteiger partial charge on any atom is 0.416 e. The number of aromatic nitrogens is 3. The molecular weight excluding hydrogens is 1000 g/mol. The Bertz CT molecular complexity index is 3340. The van der Waals surface area contributed by atoms with Crippen molar-refractivity contribution in [1.29, 1.82) is 11.1 Å². The van der Waals surface area contributed by atoms with Gasteiger partial charge in [-0.2, -0.15) is 41.7 Å². The van der Waals surface area contributed by atoms with Gasteiger partial charge in [-0.15, -0.1) is 5.10 Å². The third-order valence-corrected chi connectivity index (χ3v) is 13.0. The molecule has 0 spiro atoms. The number of phenolic OH excluding ortho intramolecular Hbond substituents is 4. The fourth-order valence-electron chi connectivity index (χ4n) is 9.00. The minimum Gasteiger partial charge on any atom is -0.506 e. The standard InChI is InChI=1S/C52H46F6N12O6/c1-27-8-5-11-37(71)45(27)61-23-41(63-59)49(75,43-25-69(67-65-43)47-28(2)9-6-12-38(47)72)33-16-14-31(15-17-33)32-18-30(4)46(40(74)19-32)62-24-42(64-60)50(76,34-20-35(51(53,54)55)22-36(21-34)52(56,57)58)44-26-70(68-66-44)48-29(3)10-7-13-39(48)73/h5-25,41-42,44,59-60,71-76H,26H2,1-4H3. The highest BCUT2D eigenvalue weighted by Crippen LogP contribution is 2.45. The number of anilines is 1. The van der Waals surface area contributed by atoms with Crippen LogP contribution in [0.25, 0.3) is 16.8 Å². The van der Waals surface area contributed by atoms with Gasteiger partial charge in [0, 0.05) is 12.4 Å². The molecule has 1 aromatic heterocycles. The molecule has 0 saturated heterocycles. The number of hydrogen-bond donors (Lipinski definition) is 8. The van der Waals surface area contributed by atoms with E-state index in [1.807, 2.05) is 0 Å². The number of para-hydroxylation sites is 3. The number of benzene rings is 6. The molecule has 24 heteroatoms. The molecule has 5 unspecified atom stereocenters. The van der Waals surface area contributed by atoms with Gasteiger partial charge in [-0.05, 0) is 121 Å². The Kier molecular flexibility index (Phi) is 14.4. The summed E-state index contributed by atoms with van der Waals surface area (Å²) in [7, 11) is 0. The van der Waals surface area contributed by atoms with Crippen molar-refractivity contribution < 1.29 is 57.0 Å². The molecule has 392 valence electrons. The minimum absolute atomic E-state index is 0.0812. The molecule has 1 aliphatic rings. The lowest BCUT2D eigenvalue weighted by atomic mass is 9.79. The molecule has 8 rings (SSSR count). The number of hydrogen-bond acceptors (Lipinski definition) is 17. The summed E-state index contributed by atoms with van der Waals surface area (Å²) in [5, 5.41) is 93.4. The maximum atomic E-state index is 14.3. The molecule has 76 heavy (non-hydrogen) atoms. The van der Waals surface area contributed by atoms with E-state index in [9.17, 15) is 57.0 Å². The average Bonchev–Trinajstić information content (AvgIpc) is 4.07. The van der Waals surface area contributed by atoms with Gasteiger partial charge in [-0.1, -0.05) is 71.1 Å². The molecule has 0 bridgehead atoms. The summed E-state index contributed by atoms with van der Waals surface area (Å²) in [5.41, 5.74) is 9.62. The van der Waals surface area contributed by atoms with Crippen LogP contribution in [-0.4, -0.2) is 82.7 Å². The van der Waals surface area contributed by atoms with Crippen molar-refractivity contribution in [3.63, 3.8) is 0 Å². The first-order valence-corrected chi connectivity index (χ1v) is 22.9. The van der Waals surface area contributed by atoms with Crippen molar-refractivity contribution in [2.24, 2.45) is 30.6 Å². The first kappa shape index (κ1) is 53.4. The molecular formula is C52H46F6N12O6. The third-order valence-electron chi connectivity index (χ3n) is 13.0. The largest absolute Gasteiger partial charge is 0.506 e. The lowest BCUT2D eigenvalue weighted by molar-refractivity contribution is -0.143. The third kappa shape index (κ3) is 10.1. The van der Waals surface area contributed by atoms with Crippen LogP contribution in [0.4, 0.5) is 43.4 Å². The molecule has 2 heterocycles. The van der Waals surface area contributed by atoms with Gasteiger partial charge < -0.3 is 30.6 Å². The summed E-state index contributed by atoms with van der Waals surface area (Å²) in [5.74, 6) is -1.10. The quantitative estimate of drug-likeness (QED) is 0.0275. The van der Waals surface area contributed by atoms with E-state index in [2.05, 4.69) is 40.9 Å². The first-order valence-electron chi connectivity index (χ1n) is 22.9. The van der Waals surface area contributed by atoms with Crippen molar-refractivity contribution in [2.45, 2.75) is 69.4 Å². The zero-order valence-corrected chi connectivity index (χ0v) is 40.5. The van der Waals surface area contributed by atoms with Crippen LogP contribution in [0.1, 0.15) is 50.2 Å². The summed E-state index contributed by atoms with van der Waals surface area (Å²) in [6, 6.07) is 18.1. The molecule has 1 aliphatic heterocycles. The van der Waals surface area contributed by atoms with Crippen LogP contribution in [0.15, 0.2) is 146 Å². The first-order chi connectivity index (χ1) is 35.9. The number of phenols is 4. The maximum absolute atomic E-state index is 14.3. The van der Waals surface area contributed by atoms with Crippen molar-refractivity contribution in [1.82, 2.24) is 15.0 Å². The van der Waals surface area contributed by atoms with E-state index in [1.54, 1.807) is 69.3 Å². The van der Waals surface area contributed by atoms with E-state index in [-0.39, 0.29) is 62.9 Å². The van der Waals surface area contributed by atoms with Gasteiger partial charge in [0.05, 0.1) is 23.9 Å². The molecule has 5 atom stereocenters. The number of aromatic hydroxyl groups is 4. The van der Waals surface area contributed by atoms with Crippen LogP contribution in [0, 0.1) is 38.8 Å². The number of alkyl halides is 6. The predicted octanol–water partition coefficient (Wildman–Crippen LogP) is 11.3. The van der Waals surface area contributed by atoms with Crippen molar-refractivity contribution in [3.05, 3.63) is 166 Å². The Balaban J connectivity index is 1.16. The molecule has 8 N–H and O–H groups in total. The van der Waals surface area contributed by atoms with E-state index in [1.165, 1.54) is 66.5 Å². The molecule has 0 radical (unpaired) electrons. The monoisotopic (exact) mass is 1050 g/mol. The Morgan fingerprint density at radius 3 is 1.66 bits per heavy atom. The lowest BCUT2D eigenvalue weighted by Gasteiger charge is -2.35. The summed E-state index contributed by atoms with van der Waals surface area (Å²) in [6.45, 7) is 6.02. The second-order valence-corrected chi connectivity index (χ2v) is 18.0. The van der Waals surface area contributed by atoms with Gasteiger partial charge in [0.25, 0.3) is 0 Å². The summed E-state index contributed by atoms with van der Waals surface area (Å²) >= 11 is 0. The Labute approximate surface area is 428 Å². The van der Waals surface area contributed by atoms with Gasteiger partial charge in [0.2, 0.25) is 0 Å². The van der Waals surface area contributed by atoms with Crippen LogP contribution in [0.3, 0.4) is 0 Å². The van der Waals surface area contributed by atoms with Crippen molar-refractivity contribution in [2.75, 3.05) is 11.6 Å². The molecule has 6 aromatic carbocycles. The number of aliphatic imine (C=N–C) groups is 2. The molecule has 7 aromatic rings. The topological polar surface area (TPSA) is 277 Å². The van der Waals surface area contributed by atoms with Gasteiger partial charge in [-0.25, -0.2) is 20.8 Å². The minimum atomic E-state index is -5.33. The highest BCUT2D eigenvalue weighted by atomic mass is 19.4. The van der Waals surface area contributed by atoms with Gasteiger partial charge in [-0.3, -0.25) is 9.98 Å². The van der Waals surface area contributed by atoms with Crippen LogP contribution in [0.5, 0.6) is 23.0 Å². The normalized spacial score (nSPS) is 16.5. The molecule has 0 amide bonds. The van der Waals surface area contributed by atoms with Crippen LogP contribution in [0.2, 0.25) is 0 Å². The Hall–Kier alpha value is -8.90. The number of nitrogens with one attached hydrogen (secondary N) is 2. The van der Waals surface area contributed by atoms with Crippen LogP contribution < -0.4 is 5.01 Å². The van der Waals surface area contributed by atoms with Crippen molar-refractivity contribution in [3.8, 4) is 39.8 Å². The molecule has 0 fully saturated rings. The zero-order valence-electron chi connectivity index (χ0n) is 40.5. The number of halogens is 6. The highest BCUT2D eigenvalue weighted by molar-refractivity contribution is 5.79. The smallest absolute Gasteiger partial charge is 0.416 e. The summed E-state index contributed by atoms with van der Waals surface area (Å²) in [6.07, 6.45) is -7.35. The number of rotatable bonds is 15. The second kappa shape index (κ2) is 20.4. The Morgan fingerprint density at radius 2 is 1.12 bits per heavy atom. The van der Waals surface area contributed by atoms with E-state index >= 15 is 0 Å². The second-order valence-electron chi connectivity index (χ2n) is 18.0. The predicted molar refractivity (Wildman–Crippen MR) is 265 cm³/mol. The highest BCUT2D eigenvalue weighted by Gasteiger charge is 2.51. The fraction of sp³-hybridized carbons (Fsp3) is 0.231. The summed E-state index contributed by atoms with van der Waals surface area (Å²) in [4.78, 5) is 8.67. The lowest BCUT2D eigenvalue weighted by Crippen LogP contribution is -2.50. The van der Waals surface area contributed by atoms with E-state index in [4.69, 9.17) is 11.1 Å². The van der Waals surface area contributed by atoms with E-state index < -0.39 is 70.7 Å². The zero-order chi connectivity index (χ0) is 55.1. The van der Waals surface area contributed by atoms with Gasteiger partial charge in [0.15, 0.2) is 5.60 Å². The SMILES string of the molecule is Cc1cccc(O)c1N=CC(N=N)C(O)(c1ccc(-c2cc(C)c(N=CC(N=N)C(O)(c3cc(C(F)(F)F)cc(C(F)(F)F)c3)C3CN(c4c(C)cccc4O)N=N3)c(O)c2)cc1)c1cn(-c2c(C)cccc2O)nn1. The van der Waals surface area contributed by atoms with Crippen LogP contribution in [-0.2, 0) is 23.6 Å². The van der Waals surface area contributed by atoms with Gasteiger partial charge >= 0.3 is 12.4 Å².